The fourth-order valence-electron chi connectivity index (χ4n) is 1.26. The van der Waals surface area contributed by atoms with Crippen LogP contribution in [0.3, 0.4) is 0 Å². The van der Waals surface area contributed by atoms with Gasteiger partial charge in [-0.1, -0.05) is 12.2 Å². The van der Waals surface area contributed by atoms with Gasteiger partial charge in [0.05, 0.1) is 13.7 Å². The summed E-state index contributed by atoms with van der Waals surface area (Å²) in [5, 5.41) is 0. The lowest BCUT2D eigenvalue weighted by Crippen LogP contribution is -2.33. The van der Waals surface area contributed by atoms with E-state index >= 15 is 0 Å². The minimum atomic E-state index is 0.0140. The van der Waals surface area contributed by atoms with Gasteiger partial charge in [0.1, 0.15) is 0 Å². The fourth-order valence-corrected chi connectivity index (χ4v) is 3.35. The van der Waals surface area contributed by atoms with Gasteiger partial charge < -0.3 is 10.6 Å². The van der Waals surface area contributed by atoms with E-state index in [1.165, 1.54) is 11.3 Å². The molecule has 1 rings (SSSR count). The molecule has 0 aliphatic carbocycles. The van der Waals surface area contributed by atoms with E-state index in [9.17, 15) is 4.79 Å². The first-order valence-electron chi connectivity index (χ1n) is 4.98. The predicted octanol–water partition coefficient (Wildman–Crippen LogP) is 3.41. The van der Waals surface area contributed by atoms with Gasteiger partial charge in [-0.3, -0.25) is 4.79 Å². The van der Waals surface area contributed by atoms with Crippen LogP contribution in [-0.2, 0) is 0 Å². The average molecular weight is 400 g/mol. The number of halogens is 2. The molecule has 3 nitrogen and oxygen atoms in total. The zero-order chi connectivity index (χ0) is 13.0. The van der Waals surface area contributed by atoms with E-state index in [-0.39, 0.29) is 5.91 Å². The summed E-state index contributed by atoms with van der Waals surface area (Å²) in [4.78, 5) is 15.0. The second-order valence-corrected chi connectivity index (χ2v) is 7.08. The molecule has 0 unspecified atom stereocenters. The summed E-state index contributed by atoms with van der Waals surface area (Å²) in [7, 11) is 0. The molecule has 0 aromatic carbocycles. The van der Waals surface area contributed by atoms with Crippen LogP contribution in [0.25, 0.3) is 0 Å². The number of thiophene rings is 1. The largest absolute Gasteiger partial charge is 0.393 e. The molecule has 1 aromatic heterocycles. The Kier molecular flexibility index (Phi) is 6.05. The van der Waals surface area contributed by atoms with Crippen molar-refractivity contribution in [1.82, 2.24) is 4.90 Å². The number of carbonyl (C=O) groups excluding carboxylic acids is 1. The second-order valence-electron chi connectivity index (χ2n) is 3.33. The van der Waals surface area contributed by atoms with E-state index in [1.54, 1.807) is 4.90 Å². The topological polar surface area (TPSA) is 46.3 Å². The van der Waals surface area contributed by atoms with E-state index in [0.29, 0.717) is 29.4 Å². The smallest absolute Gasteiger partial charge is 0.264 e. The van der Waals surface area contributed by atoms with Crippen molar-refractivity contribution in [3.63, 3.8) is 0 Å². The maximum absolute atomic E-state index is 12.2. The zero-order valence-corrected chi connectivity index (χ0v) is 14.0. The quantitative estimate of drug-likeness (QED) is 0.771. The normalized spacial score (nSPS) is 10.3. The predicted molar refractivity (Wildman–Crippen MR) is 82.7 cm³/mol. The van der Waals surface area contributed by atoms with Crippen LogP contribution in [0.1, 0.15) is 23.0 Å². The van der Waals surface area contributed by atoms with Crippen LogP contribution in [0.2, 0.25) is 0 Å². The van der Waals surface area contributed by atoms with Gasteiger partial charge in [-0.2, -0.15) is 0 Å². The highest BCUT2D eigenvalue weighted by atomic mass is 79.9. The third-order valence-electron chi connectivity index (χ3n) is 2.15. The van der Waals surface area contributed by atoms with Gasteiger partial charge in [0.15, 0.2) is 0 Å². The van der Waals surface area contributed by atoms with Gasteiger partial charge in [-0.05, 0) is 44.8 Å². The van der Waals surface area contributed by atoms with E-state index in [2.05, 4.69) is 31.9 Å². The Morgan fingerprint density at radius 3 is 2.65 bits per heavy atom. The first-order chi connectivity index (χ1) is 7.95. The van der Waals surface area contributed by atoms with E-state index in [0.717, 1.165) is 8.26 Å². The van der Waals surface area contributed by atoms with Crippen LogP contribution in [-0.4, -0.2) is 28.9 Å². The van der Waals surface area contributed by atoms with E-state index in [1.807, 2.05) is 13.0 Å². The molecule has 0 spiro atoms. The third kappa shape index (κ3) is 4.31. The van der Waals surface area contributed by atoms with Crippen LogP contribution in [0.15, 0.2) is 14.3 Å². The molecule has 0 atom stereocenters. The van der Waals surface area contributed by atoms with Crippen LogP contribution in [0, 0.1) is 0 Å². The molecular weight excluding hydrogens is 388 g/mol. The first kappa shape index (κ1) is 15.1. The van der Waals surface area contributed by atoms with Crippen LogP contribution in [0.4, 0.5) is 0 Å². The molecule has 0 saturated heterocycles. The Bertz CT molecular complexity index is 414. The minimum Gasteiger partial charge on any atom is -0.393 e. The number of thiocarbonyl (C=S) groups is 1. The standard InChI is InChI=1S/C10H12Br2N2OS2/c1-2-14(4-3-8(13)16)10(15)7-5-6(11)9(12)17-7/h5H,2-4H2,1H3,(H2,13,16). The first-order valence-corrected chi connectivity index (χ1v) is 7.79. The molecule has 0 aliphatic rings. The molecule has 94 valence electrons. The second kappa shape index (κ2) is 6.82. The van der Waals surface area contributed by atoms with Gasteiger partial charge in [-0.25, -0.2) is 0 Å². The van der Waals surface area contributed by atoms with Gasteiger partial charge in [0.2, 0.25) is 0 Å². The van der Waals surface area contributed by atoms with Gasteiger partial charge >= 0.3 is 0 Å². The molecular formula is C10H12Br2N2OS2. The van der Waals surface area contributed by atoms with E-state index < -0.39 is 0 Å². The number of amides is 1. The summed E-state index contributed by atoms with van der Waals surface area (Å²) in [5.41, 5.74) is 5.44. The van der Waals surface area contributed by atoms with Crippen molar-refractivity contribution in [3.8, 4) is 0 Å². The number of hydrogen-bond acceptors (Lipinski definition) is 3. The molecule has 1 heterocycles. The molecule has 7 heteroatoms. The molecule has 0 fully saturated rings. The molecule has 0 aliphatic heterocycles. The van der Waals surface area contributed by atoms with Crippen molar-refractivity contribution in [2.24, 2.45) is 5.73 Å². The molecule has 0 radical (unpaired) electrons. The average Bonchev–Trinajstić information content (AvgIpc) is 2.59. The van der Waals surface area contributed by atoms with Gasteiger partial charge in [-0.15, -0.1) is 11.3 Å². The van der Waals surface area contributed by atoms with Gasteiger partial charge in [0, 0.05) is 24.0 Å². The lowest BCUT2D eigenvalue weighted by Gasteiger charge is -2.19. The molecule has 1 aromatic rings. The summed E-state index contributed by atoms with van der Waals surface area (Å²) >= 11 is 13.0. The molecule has 1 amide bonds. The molecule has 17 heavy (non-hydrogen) atoms. The lowest BCUT2D eigenvalue weighted by molar-refractivity contribution is 0.0773. The number of carbonyl (C=O) groups is 1. The molecule has 0 saturated carbocycles. The Morgan fingerprint density at radius 2 is 2.24 bits per heavy atom. The van der Waals surface area contributed by atoms with Crippen molar-refractivity contribution in [2.75, 3.05) is 13.1 Å². The Balaban J connectivity index is 2.75. The SMILES string of the molecule is CCN(CCC(N)=S)C(=O)c1cc(Br)c(Br)s1. The third-order valence-corrected chi connectivity index (χ3v) is 5.60. The van der Waals surface area contributed by atoms with Crippen molar-refractivity contribution < 1.29 is 4.79 Å². The molecule has 2 N–H and O–H groups in total. The Hall–Kier alpha value is 0.0200. The summed E-state index contributed by atoms with van der Waals surface area (Å²) in [5.74, 6) is 0.0140. The number of hydrogen-bond donors (Lipinski definition) is 1. The number of rotatable bonds is 5. The highest BCUT2D eigenvalue weighted by Gasteiger charge is 2.17. The maximum Gasteiger partial charge on any atom is 0.264 e. The Morgan fingerprint density at radius 1 is 1.59 bits per heavy atom. The zero-order valence-electron chi connectivity index (χ0n) is 9.20. The van der Waals surface area contributed by atoms with Crippen molar-refractivity contribution >= 4 is 66.3 Å². The van der Waals surface area contributed by atoms with Crippen LogP contribution >= 0.6 is 55.4 Å². The summed E-state index contributed by atoms with van der Waals surface area (Å²) < 4.78 is 1.82. The number of nitrogens with two attached hydrogens (primary N) is 1. The van der Waals surface area contributed by atoms with Crippen LogP contribution in [0.5, 0.6) is 0 Å². The van der Waals surface area contributed by atoms with E-state index in [4.69, 9.17) is 18.0 Å². The fraction of sp³-hybridized carbons (Fsp3) is 0.400. The van der Waals surface area contributed by atoms with Crippen LogP contribution < -0.4 is 5.73 Å². The monoisotopic (exact) mass is 398 g/mol. The maximum atomic E-state index is 12.2. The lowest BCUT2D eigenvalue weighted by atomic mass is 10.3. The Labute approximate surface area is 127 Å². The van der Waals surface area contributed by atoms with Gasteiger partial charge in [0.25, 0.3) is 5.91 Å². The molecule has 0 bridgehead atoms. The van der Waals surface area contributed by atoms with Crippen molar-refractivity contribution in [3.05, 3.63) is 19.2 Å². The minimum absolute atomic E-state index is 0.0140. The summed E-state index contributed by atoms with van der Waals surface area (Å²) in [6.07, 6.45) is 0.558. The van der Waals surface area contributed by atoms with Crippen molar-refractivity contribution in [1.29, 1.82) is 0 Å². The number of nitrogens with zero attached hydrogens (tertiary/aromatic N) is 1. The summed E-state index contributed by atoms with van der Waals surface area (Å²) in [6, 6.07) is 1.82. The highest BCUT2D eigenvalue weighted by molar-refractivity contribution is 9.13. The highest BCUT2D eigenvalue weighted by Crippen LogP contribution is 2.32. The van der Waals surface area contributed by atoms with Crippen molar-refractivity contribution in [2.45, 2.75) is 13.3 Å². The summed E-state index contributed by atoms with van der Waals surface area (Å²) in [6.45, 7) is 3.15.